The van der Waals surface area contributed by atoms with E-state index >= 15 is 0 Å². The van der Waals surface area contributed by atoms with Gasteiger partial charge in [-0.2, -0.15) is 0 Å². The quantitative estimate of drug-likeness (QED) is 0.842. The van der Waals surface area contributed by atoms with Gasteiger partial charge in [0.15, 0.2) is 0 Å². The monoisotopic (exact) mass is 274 g/mol. The lowest BCUT2D eigenvalue weighted by Crippen LogP contribution is -2.22. The lowest BCUT2D eigenvalue weighted by Gasteiger charge is -2.16. The fourth-order valence-corrected chi connectivity index (χ4v) is 1.98. The van der Waals surface area contributed by atoms with Crippen molar-refractivity contribution in [2.24, 2.45) is 0 Å². The second kappa shape index (κ2) is 6.18. The maximum Gasteiger partial charge on any atom is 0.335 e. The molecule has 2 aromatic heterocycles. The third kappa shape index (κ3) is 3.57. The molecule has 0 aliphatic rings. The van der Waals surface area contributed by atoms with Gasteiger partial charge in [-0.05, 0) is 25.5 Å². The second-order valence-electron chi connectivity index (χ2n) is 4.70. The van der Waals surface area contributed by atoms with Crippen LogP contribution in [0, 0.1) is 0 Å². The molecule has 0 amide bonds. The normalized spacial score (nSPS) is 12.1. The summed E-state index contributed by atoms with van der Waals surface area (Å²) in [5.74, 6) is -0.346. The number of anilines is 1. The number of aryl methyl sites for hydroxylation is 1. The lowest BCUT2D eigenvalue weighted by molar-refractivity contribution is 0.0696. The van der Waals surface area contributed by atoms with Crippen LogP contribution in [0.2, 0.25) is 0 Å². The van der Waals surface area contributed by atoms with Gasteiger partial charge in [-0.3, -0.25) is 0 Å². The first-order chi connectivity index (χ1) is 9.58. The molecule has 20 heavy (non-hydrogen) atoms. The number of hydrogen-bond acceptors (Lipinski definition) is 4. The Hall–Kier alpha value is -2.37. The molecule has 2 N–H and O–H groups in total. The van der Waals surface area contributed by atoms with E-state index in [-0.39, 0.29) is 11.6 Å². The zero-order chi connectivity index (χ0) is 14.5. The number of carbonyl (C=O) groups is 1. The van der Waals surface area contributed by atoms with Crippen LogP contribution >= 0.6 is 0 Å². The zero-order valence-corrected chi connectivity index (χ0v) is 11.6. The molecule has 0 saturated heterocycles. The average Bonchev–Trinajstić information content (AvgIpc) is 2.90. The Bertz CT molecular complexity index is 581. The average molecular weight is 274 g/mol. The summed E-state index contributed by atoms with van der Waals surface area (Å²) in [6.07, 6.45) is 6.06. The largest absolute Gasteiger partial charge is 0.478 e. The molecule has 0 saturated carbocycles. The molecule has 0 radical (unpaired) electrons. The van der Waals surface area contributed by atoms with Crippen LogP contribution in [0.15, 0.2) is 30.9 Å². The van der Waals surface area contributed by atoms with Crippen LogP contribution in [0.4, 0.5) is 5.82 Å². The van der Waals surface area contributed by atoms with E-state index in [9.17, 15) is 4.79 Å². The van der Waals surface area contributed by atoms with Crippen molar-refractivity contribution < 1.29 is 9.90 Å². The van der Waals surface area contributed by atoms with Crippen molar-refractivity contribution in [3.63, 3.8) is 0 Å². The van der Waals surface area contributed by atoms with Gasteiger partial charge in [-0.1, -0.05) is 6.92 Å². The van der Waals surface area contributed by atoms with E-state index < -0.39 is 5.97 Å². The summed E-state index contributed by atoms with van der Waals surface area (Å²) in [5.41, 5.74) is 1.02. The van der Waals surface area contributed by atoms with Crippen LogP contribution < -0.4 is 5.32 Å². The van der Waals surface area contributed by atoms with Crippen LogP contribution in [0.25, 0.3) is 0 Å². The van der Waals surface area contributed by atoms with Gasteiger partial charge in [0.1, 0.15) is 5.82 Å². The van der Waals surface area contributed by atoms with Gasteiger partial charge < -0.3 is 15.0 Å². The molecule has 0 aliphatic carbocycles. The van der Waals surface area contributed by atoms with E-state index in [4.69, 9.17) is 5.11 Å². The molecule has 0 bridgehead atoms. The lowest BCUT2D eigenvalue weighted by atomic mass is 10.2. The molecule has 0 fully saturated rings. The molecule has 6 heteroatoms. The third-order valence-electron chi connectivity index (χ3n) is 2.93. The number of nitrogens with one attached hydrogen (secondary N) is 1. The first-order valence-electron chi connectivity index (χ1n) is 6.55. The number of rotatable bonds is 6. The van der Waals surface area contributed by atoms with Crippen molar-refractivity contribution in [2.45, 2.75) is 32.9 Å². The van der Waals surface area contributed by atoms with Crippen molar-refractivity contribution in [2.75, 3.05) is 5.32 Å². The fraction of sp³-hybridized carbons (Fsp3) is 0.357. The fourth-order valence-electron chi connectivity index (χ4n) is 1.98. The van der Waals surface area contributed by atoms with Crippen molar-refractivity contribution in [3.05, 3.63) is 42.1 Å². The number of aromatic nitrogens is 3. The van der Waals surface area contributed by atoms with Gasteiger partial charge in [0, 0.05) is 30.7 Å². The first-order valence-corrected chi connectivity index (χ1v) is 6.55. The Labute approximate surface area is 117 Å². The number of imidazole rings is 1. The third-order valence-corrected chi connectivity index (χ3v) is 2.93. The van der Waals surface area contributed by atoms with Gasteiger partial charge in [-0.15, -0.1) is 0 Å². The van der Waals surface area contributed by atoms with Crippen molar-refractivity contribution >= 4 is 11.8 Å². The number of carboxylic acid groups (broad SMARTS) is 1. The standard InChI is InChI=1S/C14H18N4O2/c1-3-12-6-11(14(19)20)7-13(17-12)16-10(2)8-18-5-4-15-9-18/h4-7,9-10H,3,8H2,1-2H3,(H,16,17)(H,19,20). The molecule has 106 valence electrons. The number of pyridine rings is 1. The maximum atomic E-state index is 11.1. The minimum absolute atomic E-state index is 0.116. The van der Waals surface area contributed by atoms with E-state index in [2.05, 4.69) is 15.3 Å². The SMILES string of the molecule is CCc1cc(C(=O)O)cc(NC(C)Cn2ccnc2)n1. The smallest absolute Gasteiger partial charge is 0.335 e. The summed E-state index contributed by atoms with van der Waals surface area (Å²) in [6, 6.07) is 3.28. The summed E-state index contributed by atoms with van der Waals surface area (Å²) in [6.45, 7) is 4.70. The molecule has 0 spiro atoms. The summed E-state index contributed by atoms with van der Waals surface area (Å²) in [4.78, 5) is 19.5. The Morgan fingerprint density at radius 3 is 2.90 bits per heavy atom. The van der Waals surface area contributed by atoms with Crippen LogP contribution in [-0.2, 0) is 13.0 Å². The molecule has 1 unspecified atom stereocenters. The minimum atomic E-state index is -0.938. The topological polar surface area (TPSA) is 80.0 Å². The van der Waals surface area contributed by atoms with Crippen LogP contribution in [0.5, 0.6) is 0 Å². The zero-order valence-electron chi connectivity index (χ0n) is 11.6. The highest BCUT2D eigenvalue weighted by Gasteiger charge is 2.10. The minimum Gasteiger partial charge on any atom is -0.478 e. The predicted octanol–water partition coefficient (Wildman–Crippen LogP) is 2.04. The van der Waals surface area contributed by atoms with Crippen LogP contribution in [0.1, 0.15) is 29.9 Å². The highest BCUT2D eigenvalue weighted by Crippen LogP contribution is 2.13. The van der Waals surface area contributed by atoms with E-state index in [1.165, 1.54) is 0 Å². The molecule has 0 aliphatic heterocycles. The van der Waals surface area contributed by atoms with E-state index in [1.54, 1.807) is 24.7 Å². The van der Waals surface area contributed by atoms with Gasteiger partial charge in [-0.25, -0.2) is 14.8 Å². The Morgan fingerprint density at radius 1 is 1.50 bits per heavy atom. The highest BCUT2D eigenvalue weighted by molar-refractivity contribution is 5.88. The Balaban J connectivity index is 2.11. The first kappa shape index (κ1) is 14.0. The number of aromatic carboxylic acids is 1. The molecular formula is C14H18N4O2. The summed E-state index contributed by atoms with van der Waals surface area (Å²) in [5, 5.41) is 12.3. The van der Waals surface area contributed by atoms with Crippen molar-refractivity contribution in [1.29, 1.82) is 0 Å². The van der Waals surface area contributed by atoms with Gasteiger partial charge >= 0.3 is 5.97 Å². The van der Waals surface area contributed by atoms with Crippen LogP contribution in [-0.4, -0.2) is 31.7 Å². The van der Waals surface area contributed by atoms with Crippen LogP contribution in [0.3, 0.4) is 0 Å². The molecule has 2 heterocycles. The van der Waals surface area contributed by atoms with Gasteiger partial charge in [0.25, 0.3) is 0 Å². The predicted molar refractivity (Wildman–Crippen MR) is 75.9 cm³/mol. The van der Waals surface area contributed by atoms with E-state index in [1.807, 2.05) is 24.6 Å². The molecule has 2 aromatic rings. The number of hydrogen-bond donors (Lipinski definition) is 2. The molecule has 1 atom stereocenters. The van der Waals surface area contributed by atoms with E-state index in [0.29, 0.717) is 12.2 Å². The second-order valence-corrected chi connectivity index (χ2v) is 4.70. The summed E-state index contributed by atoms with van der Waals surface area (Å²) in [7, 11) is 0. The Kier molecular flexibility index (Phi) is 4.34. The number of nitrogens with zero attached hydrogens (tertiary/aromatic N) is 3. The maximum absolute atomic E-state index is 11.1. The number of carboxylic acids is 1. The van der Waals surface area contributed by atoms with Gasteiger partial charge in [0.05, 0.1) is 11.9 Å². The highest BCUT2D eigenvalue weighted by atomic mass is 16.4. The Morgan fingerprint density at radius 2 is 2.30 bits per heavy atom. The van der Waals surface area contributed by atoms with E-state index in [0.717, 1.165) is 12.2 Å². The molecule has 6 nitrogen and oxygen atoms in total. The molecular weight excluding hydrogens is 256 g/mol. The molecule has 2 rings (SSSR count). The van der Waals surface area contributed by atoms with Gasteiger partial charge in [0.2, 0.25) is 0 Å². The summed E-state index contributed by atoms with van der Waals surface area (Å²) < 4.78 is 1.96. The summed E-state index contributed by atoms with van der Waals surface area (Å²) >= 11 is 0. The van der Waals surface area contributed by atoms with Crippen molar-refractivity contribution in [1.82, 2.24) is 14.5 Å². The molecule has 0 aromatic carbocycles. The van der Waals surface area contributed by atoms with Crippen molar-refractivity contribution in [3.8, 4) is 0 Å².